The molecule has 6 heteroatoms. The van der Waals surface area contributed by atoms with Gasteiger partial charge in [0, 0.05) is 36.9 Å². The maximum absolute atomic E-state index is 12.8. The zero-order chi connectivity index (χ0) is 20.3. The van der Waals surface area contributed by atoms with Crippen LogP contribution in [0.2, 0.25) is 5.02 Å². The van der Waals surface area contributed by atoms with Crippen LogP contribution in [0.1, 0.15) is 18.1 Å². The summed E-state index contributed by atoms with van der Waals surface area (Å²) < 4.78 is 5.32. The van der Waals surface area contributed by atoms with E-state index in [1.165, 1.54) is 16.8 Å². The second-order valence-corrected chi connectivity index (χ2v) is 7.69. The highest BCUT2D eigenvalue weighted by molar-refractivity contribution is 6.31. The zero-order valence-electron chi connectivity index (χ0n) is 17.0. The van der Waals surface area contributed by atoms with E-state index in [-0.39, 0.29) is 11.9 Å². The molecule has 1 N–H and O–H groups in total. The molecule has 1 atom stereocenters. The van der Waals surface area contributed by atoms with Crippen LogP contribution in [0.5, 0.6) is 5.75 Å². The number of hydrogen-bond acceptors (Lipinski definition) is 4. The monoisotopic (exact) mass is 401 g/mol. The smallest absolute Gasteiger partial charge is 0.241 e. The Hall–Kier alpha value is -2.24. The maximum atomic E-state index is 12.8. The lowest BCUT2D eigenvalue weighted by atomic mass is 10.1. The number of carbonyl (C=O) groups excluding carboxylic acids is 1. The molecule has 5 nitrogen and oxygen atoms in total. The Bertz CT molecular complexity index is 848. The van der Waals surface area contributed by atoms with E-state index < -0.39 is 0 Å². The second-order valence-electron chi connectivity index (χ2n) is 7.25. The Balaban J connectivity index is 1.62. The average molecular weight is 402 g/mol. The Labute approximate surface area is 172 Å². The van der Waals surface area contributed by atoms with Crippen molar-refractivity contribution < 1.29 is 9.53 Å². The third-order valence-electron chi connectivity index (χ3n) is 5.58. The molecule has 1 fully saturated rings. The molecule has 1 amide bonds. The minimum absolute atomic E-state index is 0.0549. The van der Waals surface area contributed by atoms with Gasteiger partial charge in [-0.25, -0.2) is 0 Å². The number of methoxy groups -OCH3 is 1. The molecule has 2 aromatic carbocycles. The van der Waals surface area contributed by atoms with Gasteiger partial charge in [-0.1, -0.05) is 23.7 Å². The van der Waals surface area contributed by atoms with Gasteiger partial charge >= 0.3 is 0 Å². The lowest BCUT2D eigenvalue weighted by Crippen LogP contribution is -2.53. The maximum Gasteiger partial charge on any atom is 0.241 e. The fourth-order valence-electron chi connectivity index (χ4n) is 3.61. The molecule has 0 aromatic heterocycles. The number of benzene rings is 2. The summed E-state index contributed by atoms with van der Waals surface area (Å²) in [4.78, 5) is 17.4. The molecule has 1 saturated heterocycles. The SMILES string of the molecule is COc1ccc(Cl)cc1NC(=O)[C@H](C)N1CCN(c2cccc(C)c2C)CC1. The van der Waals surface area contributed by atoms with Crippen molar-refractivity contribution in [2.75, 3.05) is 43.5 Å². The van der Waals surface area contributed by atoms with Crippen LogP contribution < -0.4 is 15.0 Å². The van der Waals surface area contributed by atoms with Gasteiger partial charge in [-0.15, -0.1) is 0 Å². The predicted molar refractivity (Wildman–Crippen MR) is 116 cm³/mol. The summed E-state index contributed by atoms with van der Waals surface area (Å²) in [5.41, 5.74) is 4.53. The number of ether oxygens (including phenoxy) is 1. The molecule has 0 bridgehead atoms. The summed E-state index contributed by atoms with van der Waals surface area (Å²) in [6.45, 7) is 9.76. The van der Waals surface area contributed by atoms with Gasteiger partial charge in [0.2, 0.25) is 5.91 Å². The van der Waals surface area contributed by atoms with Gasteiger partial charge in [0.1, 0.15) is 5.75 Å². The molecule has 1 heterocycles. The number of hydrogen-bond donors (Lipinski definition) is 1. The van der Waals surface area contributed by atoms with Crippen LogP contribution in [0.3, 0.4) is 0 Å². The summed E-state index contributed by atoms with van der Waals surface area (Å²) in [5.74, 6) is 0.547. The van der Waals surface area contributed by atoms with Gasteiger partial charge < -0.3 is 15.0 Å². The van der Waals surface area contributed by atoms with Gasteiger partial charge in [0.25, 0.3) is 0 Å². The molecule has 1 aliphatic heterocycles. The predicted octanol–water partition coefficient (Wildman–Crippen LogP) is 4.11. The highest BCUT2D eigenvalue weighted by atomic mass is 35.5. The summed E-state index contributed by atoms with van der Waals surface area (Å²) in [6, 6.07) is 11.4. The van der Waals surface area contributed by atoms with Gasteiger partial charge in [-0.05, 0) is 56.2 Å². The number of rotatable bonds is 5. The molecular weight excluding hydrogens is 374 g/mol. The van der Waals surface area contributed by atoms with Gasteiger partial charge in [-0.2, -0.15) is 0 Å². The number of nitrogens with one attached hydrogen (secondary N) is 1. The van der Waals surface area contributed by atoms with Crippen molar-refractivity contribution in [1.82, 2.24) is 4.90 Å². The number of piperazine rings is 1. The molecule has 0 aliphatic carbocycles. The zero-order valence-corrected chi connectivity index (χ0v) is 17.7. The van der Waals surface area contributed by atoms with Crippen molar-refractivity contribution in [2.24, 2.45) is 0 Å². The molecule has 0 saturated carbocycles. The molecule has 2 aromatic rings. The Morgan fingerprint density at radius 3 is 2.54 bits per heavy atom. The molecule has 3 rings (SSSR count). The van der Waals surface area contributed by atoms with E-state index in [9.17, 15) is 4.79 Å². The standard InChI is InChI=1S/C22H28ClN3O2/c1-15-6-5-7-20(16(15)2)26-12-10-25(11-13-26)17(3)22(27)24-19-14-18(23)8-9-21(19)28-4/h5-9,14,17H,10-13H2,1-4H3,(H,24,27)/t17-/m0/s1. The van der Waals surface area contributed by atoms with E-state index in [0.29, 0.717) is 16.5 Å². The largest absolute Gasteiger partial charge is 0.495 e. The fourth-order valence-corrected chi connectivity index (χ4v) is 3.78. The Morgan fingerprint density at radius 2 is 1.86 bits per heavy atom. The molecule has 28 heavy (non-hydrogen) atoms. The fraction of sp³-hybridized carbons (Fsp3) is 0.409. The van der Waals surface area contributed by atoms with Gasteiger partial charge in [0.05, 0.1) is 18.8 Å². The first-order chi connectivity index (χ1) is 13.4. The van der Waals surface area contributed by atoms with Gasteiger partial charge in [-0.3, -0.25) is 9.69 Å². The van der Waals surface area contributed by atoms with Gasteiger partial charge in [0.15, 0.2) is 0 Å². The van der Waals surface area contributed by atoms with E-state index >= 15 is 0 Å². The number of anilines is 2. The summed E-state index contributed by atoms with van der Waals surface area (Å²) >= 11 is 6.06. The Kier molecular flexibility index (Phi) is 6.47. The molecular formula is C22H28ClN3O2. The first kappa shape index (κ1) is 20.5. The van der Waals surface area contributed by atoms with E-state index in [0.717, 1.165) is 26.2 Å². The van der Waals surface area contributed by atoms with Crippen molar-refractivity contribution in [3.05, 3.63) is 52.5 Å². The molecule has 1 aliphatic rings. The van der Waals surface area contributed by atoms with Crippen LogP contribution in [0.25, 0.3) is 0 Å². The number of aryl methyl sites for hydroxylation is 1. The van der Waals surface area contributed by atoms with Crippen LogP contribution >= 0.6 is 11.6 Å². The normalized spacial score (nSPS) is 16.0. The highest BCUT2D eigenvalue weighted by Gasteiger charge is 2.26. The van der Waals surface area contributed by atoms with Crippen molar-refractivity contribution in [3.63, 3.8) is 0 Å². The van der Waals surface area contributed by atoms with Crippen LogP contribution in [0.4, 0.5) is 11.4 Å². The minimum atomic E-state index is -0.232. The minimum Gasteiger partial charge on any atom is -0.495 e. The highest BCUT2D eigenvalue weighted by Crippen LogP contribution is 2.28. The molecule has 0 spiro atoms. The van der Waals surface area contributed by atoms with E-state index in [1.54, 1.807) is 25.3 Å². The van der Waals surface area contributed by atoms with Crippen LogP contribution in [-0.2, 0) is 4.79 Å². The summed E-state index contributed by atoms with van der Waals surface area (Å²) in [6.07, 6.45) is 0. The quantitative estimate of drug-likeness (QED) is 0.818. The Morgan fingerprint density at radius 1 is 1.14 bits per heavy atom. The summed E-state index contributed by atoms with van der Waals surface area (Å²) in [7, 11) is 1.58. The first-order valence-electron chi connectivity index (χ1n) is 9.60. The lowest BCUT2D eigenvalue weighted by molar-refractivity contribution is -0.120. The topological polar surface area (TPSA) is 44.8 Å². The number of carbonyl (C=O) groups is 1. The number of nitrogens with zero attached hydrogens (tertiary/aromatic N) is 2. The van der Waals surface area contributed by atoms with Crippen molar-refractivity contribution in [3.8, 4) is 5.75 Å². The van der Waals surface area contributed by atoms with E-state index in [4.69, 9.17) is 16.3 Å². The van der Waals surface area contributed by atoms with Crippen molar-refractivity contribution in [1.29, 1.82) is 0 Å². The molecule has 150 valence electrons. The van der Waals surface area contributed by atoms with Crippen LogP contribution in [0.15, 0.2) is 36.4 Å². The number of amides is 1. The lowest BCUT2D eigenvalue weighted by Gasteiger charge is -2.39. The first-order valence-corrected chi connectivity index (χ1v) is 9.98. The molecule has 0 radical (unpaired) electrons. The van der Waals surface area contributed by atoms with E-state index in [1.807, 2.05) is 6.92 Å². The van der Waals surface area contributed by atoms with Crippen molar-refractivity contribution >= 4 is 28.9 Å². The third kappa shape index (κ3) is 4.42. The van der Waals surface area contributed by atoms with Crippen LogP contribution in [-0.4, -0.2) is 50.1 Å². The van der Waals surface area contributed by atoms with Crippen molar-refractivity contribution in [2.45, 2.75) is 26.8 Å². The number of halogens is 1. The van der Waals surface area contributed by atoms with Crippen LogP contribution in [0, 0.1) is 13.8 Å². The molecule has 0 unspecified atom stereocenters. The van der Waals surface area contributed by atoms with E-state index in [2.05, 4.69) is 47.2 Å². The summed E-state index contributed by atoms with van der Waals surface area (Å²) in [5, 5.41) is 3.52. The third-order valence-corrected chi connectivity index (χ3v) is 5.81. The second kappa shape index (κ2) is 8.84. The average Bonchev–Trinajstić information content (AvgIpc) is 2.70.